The van der Waals surface area contributed by atoms with Crippen molar-refractivity contribution in [3.63, 3.8) is 0 Å². The highest BCUT2D eigenvalue weighted by molar-refractivity contribution is 5.85. The maximum atomic E-state index is 13.7. The quantitative estimate of drug-likeness (QED) is 0.621. The van der Waals surface area contributed by atoms with Crippen molar-refractivity contribution in [2.75, 3.05) is 26.2 Å². The van der Waals surface area contributed by atoms with Gasteiger partial charge in [0.25, 0.3) is 0 Å². The van der Waals surface area contributed by atoms with Gasteiger partial charge in [0.15, 0.2) is 0 Å². The summed E-state index contributed by atoms with van der Waals surface area (Å²) in [5.74, 6) is 0.0367. The first-order valence-corrected chi connectivity index (χ1v) is 9.41. The number of alkyl halides is 6. The van der Waals surface area contributed by atoms with E-state index in [4.69, 9.17) is 0 Å². The van der Waals surface area contributed by atoms with Gasteiger partial charge in [-0.2, -0.15) is 26.3 Å². The lowest BCUT2D eigenvalue weighted by Gasteiger charge is -2.42. The molecular weight excluding hydrogens is 406 g/mol. The Kier molecular flexibility index (Phi) is 7.67. The van der Waals surface area contributed by atoms with Gasteiger partial charge in [0.1, 0.15) is 0 Å². The van der Waals surface area contributed by atoms with Gasteiger partial charge >= 0.3 is 12.4 Å². The maximum absolute atomic E-state index is 13.7. The van der Waals surface area contributed by atoms with E-state index < -0.39 is 29.5 Å². The van der Waals surface area contributed by atoms with E-state index in [2.05, 4.69) is 5.32 Å². The van der Waals surface area contributed by atoms with Crippen LogP contribution in [0.3, 0.4) is 0 Å². The maximum Gasteiger partial charge on any atom is 0.416 e. The lowest BCUT2D eigenvalue weighted by atomic mass is 9.78. The van der Waals surface area contributed by atoms with Crippen LogP contribution in [0.25, 0.3) is 0 Å². The molecule has 0 aromatic heterocycles. The number of benzene rings is 1. The van der Waals surface area contributed by atoms with Crippen molar-refractivity contribution < 1.29 is 26.3 Å². The largest absolute Gasteiger partial charge is 0.416 e. The van der Waals surface area contributed by atoms with E-state index in [-0.39, 0.29) is 30.0 Å². The molecule has 0 spiro atoms. The summed E-state index contributed by atoms with van der Waals surface area (Å²) in [6, 6.07) is 1.65. The lowest BCUT2D eigenvalue weighted by molar-refractivity contribution is -0.144. The molecule has 1 N–H and O–H groups in total. The fourth-order valence-corrected chi connectivity index (χ4v) is 4.39. The molecule has 1 aromatic carbocycles. The van der Waals surface area contributed by atoms with Crippen molar-refractivity contribution in [3.05, 3.63) is 34.9 Å². The minimum atomic E-state index is -4.82. The van der Waals surface area contributed by atoms with Crippen LogP contribution in [0.15, 0.2) is 18.2 Å². The average Bonchev–Trinajstić information content (AvgIpc) is 2.62. The number of rotatable bonds is 3. The van der Waals surface area contributed by atoms with Crippen LogP contribution in [-0.4, -0.2) is 31.1 Å². The fraction of sp³-hybridized carbons (Fsp3) is 0.684. The van der Waals surface area contributed by atoms with Crippen LogP contribution < -0.4 is 5.32 Å². The molecule has 2 nitrogen and oxygen atoms in total. The molecule has 1 saturated carbocycles. The van der Waals surface area contributed by atoms with Crippen molar-refractivity contribution in [2.24, 2.45) is 5.92 Å². The predicted molar refractivity (Wildman–Crippen MR) is 97.5 cm³/mol. The second-order valence-electron chi connectivity index (χ2n) is 7.43. The SMILES string of the molecule is Cl.FC(F)(F)c1ccc([C@@H](C2CCCCC2)N2CCNCC2)c(C(F)(F)F)c1. The van der Waals surface area contributed by atoms with Crippen LogP contribution >= 0.6 is 12.4 Å². The van der Waals surface area contributed by atoms with Gasteiger partial charge in [-0.3, -0.25) is 4.90 Å². The van der Waals surface area contributed by atoms with E-state index in [0.29, 0.717) is 26.2 Å². The smallest absolute Gasteiger partial charge is 0.314 e. The van der Waals surface area contributed by atoms with Gasteiger partial charge in [-0.25, -0.2) is 0 Å². The monoisotopic (exact) mass is 430 g/mol. The third kappa shape index (κ3) is 5.33. The number of nitrogens with zero attached hydrogens (tertiary/aromatic N) is 1. The summed E-state index contributed by atoms with van der Waals surface area (Å²) in [7, 11) is 0. The summed E-state index contributed by atoms with van der Waals surface area (Å²) in [5.41, 5.74) is -2.41. The van der Waals surface area contributed by atoms with Crippen molar-refractivity contribution in [2.45, 2.75) is 50.5 Å². The third-order valence-corrected chi connectivity index (χ3v) is 5.65. The number of halogens is 7. The summed E-state index contributed by atoms with van der Waals surface area (Å²) < 4.78 is 80.2. The highest BCUT2D eigenvalue weighted by atomic mass is 35.5. The summed E-state index contributed by atoms with van der Waals surface area (Å²) >= 11 is 0. The van der Waals surface area contributed by atoms with Gasteiger partial charge < -0.3 is 5.32 Å². The molecule has 28 heavy (non-hydrogen) atoms. The predicted octanol–water partition coefficient (Wildman–Crippen LogP) is 5.67. The Morgan fingerprint density at radius 1 is 0.893 bits per heavy atom. The van der Waals surface area contributed by atoms with E-state index in [9.17, 15) is 26.3 Å². The first kappa shape index (κ1) is 23.3. The van der Waals surface area contributed by atoms with Gasteiger partial charge in [-0.15, -0.1) is 12.4 Å². The Balaban J connectivity index is 0.00000280. The summed E-state index contributed by atoms with van der Waals surface area (Å²) in [4.78, 5) is 2.02. The summed E-state index contributed by atoms with van der Waals surface area (Å²) in [6.45, 7) is 2.54. The molecule has 1 aliphatic heterocycles. The van der Waals surface area contributed by atoms with Gasteiger partial charge in [0.05, 0.1) is 11.1 Å². The molecule has 2 fully saturated rings. The molecule has 160 valence electrons. The second-order valence-corrected chi connectivity index (χ2v) is 7.43. The van der Waals surface area contributed by atoms with Crippen LogP contribution in [0.5, 0.6) is 0 Å². The van der Waals surface area contributed by atoms with Crippen LogP contribution in [0.1, 0.15) is 54.8 Å². The van der Waals surface area contributed by atoms with Gasteiger partial charge in [0, 0.05) is 32.2 Å². The van der Waals surface area contributed by atoms with Gasteiger partial charge in [-0.1, -0.05) is 25.3 Å². The Hall–Kier alpha value is -0.990. The zero-order valence-corrected chi connectivity index (χ0v) is 16.2. The highest BCUT2D eigenvalue weighted by Gasteiger charge is 2.42. The van der Waals surface area contributed by atoms with Crippen LogP contribution in [-0.2, 0) is 12.4 Å². The zero-order valence-electron chi connectivity index (χ0n) is 15.4. The molecule has 1 atom stereocenters. The molecule has 3 rings (SSSR count). The molecule has 0 radical (unpaired) electrons. The van der Waals surface area contributed by atoms with E-state index in [1.807, 2.05) is 4.90 Å². The van der Waals surface area contributed by atoms with Crippen molar-refractivity contribution >= 4 is 12.4 Å². The lowest BCUT2D eigenvalue weighted by Crippen LogP contribution is -2.47. The zero-order chi connectivity index (χ0) is 19.7. The molecule has 2 aliphatic rings. The highest BCUT2D eigenvalue weighted by Crippen LogP contribution is 2.45. The first-order valence-electron chi connectivity index (χ1n) is 9.41. The molecule has 0 bridgehead atoms. The Morgan fingerprint density at radius 2 is 1.50 bits per heavy atom. The number of hydrogen-bond donors (Lipinski definition) is 1. The molecule has 1 saturated heterocycles. The van der Waals surface area contributed by atoms with Crippen molar-refractivity contribution in [1.29, 1.82) is 0 Å². The van der Waals surface area contributed by atoms with Crippen LogP contribution in [0.4, 0.5) is 26.3 Å². The molecular formula is C19H25ClF6N2. The molecule has 1 aliphatic carbocycles. The normalized spacial score (nSPS) is 21.2. The fourth-order valence-electron chi connectivity index (χ4n) is 4.39. The minimum Gasteiger partial charge on any atom is -0.314 e. The average molecular weight is 431 g/mol. The van der Waals surface area contributed by atoms with Crippen molar-refractivity contribution in [1.82, 2.24) is 10.2 Å². The summed E-state index contributed by atoms with van der Waals surface area (Å²) in [6.07, 6.45) is -5.03. The Morgan fingerprint density at radius 3 is 2.04 bits per heavy atom. The number of piperazine rings is 1. The number of nitrogens with one attached hydrogen (secondary N) is 1. The van der Waals surface area contributed by atoms with Gasteiger partial charge in [0.2, 0.25) is 0 Å². The van der Waals surface area contributed by atoms with E-state index in [0.717, 1.165) is 44.2 Å². The molecule has 0 amide bonds. The van der Waals surface area contributed by atoms with E-state index >= 15 is 0 Å². The molecule has 9 heteroatoms. The second kappa shape index (κ2) is 9.22. The Bertz CT molecular complexity index is 616. The van der Waals surface area contributed by atoms with E-state index in [1.54, 1.807) is 0 Å². The summed E-state index contributed by atoms with van der Waals surface area (Å²) in [5, 5.41) is 3.19. The molecule has 0 unspecified atom stereocenters. The van der Waals surface area contributed by atoms with Crippen LogP contribution in [0, 0.1) is 5.92 Å². The topological polar surface area (TPSA) is 15.3 Å². The first-order chi connectivity index (χ1) is 12.7. The van der Waals surface area contributed by atoms with Crippen LogP contribution in [0.2, 0.25) is 0 Å². The van der Waals surface area contributed by atoms with Gasteiger partial charge in [-0.05, 0) is 36.5 Å². The molecule has 1 aromatic rings. The standard InChI is InChI=1S/C19H24F6N2.ClH/c20-18(21,22)14-6-7-15(16(12-14)19(23,24)25)17(13-4-2-1-3-5-13)27-10-8-26-9-11-27;/h6-7,12-13,17,26H,1-5,8-11H2;1H/t17-;/m1./s1. The van der Waals surface area contributed by atoms with E-state index in [1.165, 1.54) is 0 Å². The Labute approximate surface area is 167 Å². The number of hydrogen-bond acceptors (Lipinski definition) is 2. The van der Waals surface area contributed by atoms with Crippen molar-refractivity contribution in [3.8, 4) is 0 Å². The minimum absolute atomic E-state index is 0. The third-order valence-electron chi connectivity index (χ3n) is 5.65. The molecule has 1 heterocycles.